The number of hydrogen-bond acceptors (Lipinski definition) is 3. The lowest BCUT2D eigenvalue weighted by Gasteiger charge is -2.18. The molecule has 2 aromatic heterocycles. The van der Waals surface area contributed by atoms with Crippen molar-refractivity contribution in [3.05, 3.63) is 84.2 Å². The van der Waals surface area contributed by atoms with E-state index >= 15 is 0 Å². The Bertz CT molecular complexity index is 1020. The van der Waals surface area contributed by atoms with Crippen LogP contribution in [0.25, 0.3) is 10.2 Å². The Balaban J connectivity index is 1.59. The van der Waals surface area contributed by atoms with Crippen LogP contribution in [0.3, 0.4) is 0 Å². The molecule has 130 valence electrons. The zero-order chi connectivity index (χ0) is 17.9. The molecule has 26 heavy (non-hydrogen) atoms. The lowest BCUT2D eigenvalue weighted by molar-refractivity contribution is -0.119. The van der Waals surface area contributed by atoms with E-state index in [1.165, 1.54) is 16.9 Å². The van der Waals surface area contributed by atoms with Crippen molar-refractivity contribution in [2.75, 3.05) is 5.32 Å². The number of carbonyl (C=O) groups is 1. The van der Waals surface area contributed by atoms with Gasteiger partial charge in [0.25, 0.3) is 0 Å². The van der Waals surface area contributed by atoms with Crippen LogP contribution in [0.15, 0.2) is 73.1 Å². The molecular formula is C21H19N3OS. The van der Waals surface area contributed by atoms with Crippen LogP contribution in [-0.4, -0.2) is 15.5 Å². The molecule has 1 amide bonds. The highest BCUT2D eigenvalue weighted by molar-refractivity contribution is 7.22. The van der Waals surface area contributed by atoms with Crippen molar-refractivity contribution >= 4 is 32.6 Å². The van der Waals surface area contributed by atoms with E-state index in [1.807, 2.05) is 71.6 Å². The number of rotatable bonds is 5. The molecule has 2 heterocycles. The van der Waals surface area contributed by atoms with Gasteiger partial charge in [-0.3, -0.25) is 4.79 Å². The zero-order valence-electron chi connectivity index (χ0n) is 14.4. The first kappa shape index (κ1) is 16.5. The van der Waals surface area contributed by atoms with Crippen LogP contribution >= 0.6 is 11.3 Å². The smallest absolute Gasteiger partial charge is 0.249 e. The van der Waals surface area contributed by atoms with Crippen LogP contribution in [0.5, 0.6) is 0 Å². The lowest BCUT2D eigenvalue weighted by Crippen LogP contribution is -2.27. The summed E-state index contributed by atoms with van der Waals surface area (Å²) in [6, 6.07) is 19.7. The molecule has 1 N–H and O–H groups in total. The van der Waals surface area contributed by atoms with Crippen LogP contribution < -0.4 is 5.32 Å². The number of nitrogens with zero attached hydrogens (tertiary/aromatic N) is 2. The first-order chi connectivity index (χ1) is 12.7. The fourth-order valence-corrected chi connectivity index (χ4v) is 3.97. The lowest BCUT2D eigenvalue weighted by atomic mass is 10.1. The van der Waals surface area contributed by atoms with E-state index in [0.717, 1.165) is 15.8 Å². The van der Waals surface area contributed by atoms with Crippen LogP contribution in [0.2, 0.25) is 0 Å². The second kappa shape index (κ2) is 7.14. The van der Waals surface area contributed by atoms with E-state index in [4.69, 9.17) is 0 Å². The monoisotopic (exact) mass is 361 g/mol. The second-order valence-electron chi connectivity index (χ2n) is 6.32. The number of hydrogen-bond donors (Lipinski definition) is 1. The van der Waals surface area contributed by atoms with Crippen LogP contribution in [0.4, 0.5) is 5.13 Å². The van der Waals surface area contributed by atoms with Gasteiger partial charge in [0.05, 0.1) is 10.2 Å². The van der Waals surface area contributed by atoms with E-state index in [2.05, 4.69) is 23.3 Å². The highest BCUT2D eigenvalue weighted by atomic mass is 32.1. The van der Waals surface area contributed by atoms with Crippen molar-refractivity contribution in [2.24, 2.45) is 0 Å². The molecule has 0 fully saturated rings. The van der Waals surface area contributed by atoms with Crippen LogP contribution in [0.1, 0.15) is 17.2 Å². The number of fused-ring (bicyclic) bond motifs is 1. The third kappa shape index (κ3) is 3.53. The summed E-state index contributed by atoms with van der Waals surface area (Å²) in [6.07, 6.45) is 4.48. The molecule has 1 atom stereocenters. The molecular weight excluding hydrogens is 342 g/mol. The molecule has 0 spiro atoms. The minimum absolute atomic E-state index is 0.0548. The van der Waals surface area contributed by atoms with Crippen molar-refractivity contribution < 1.29 is 4.79 Å². The highest BCUT2D eigenvalue weighted by Gasteiger charge is 2.21. The normalized spacial score (nSPS) is 12.2. The van der Waals surface area contributed by atoms with Gasteiger partial charge in [-0.15, -0.1) is 0 Å². The zero-order valence-corrected chi connectivity index (χ0v) is 15.2. The van der Waals surface area contributed by atoms with Crippen molar-refractivity contribution in [1.29, 1.82) is 0 Å². The summed E-state index contributed by atoms with van der Waals surface area (Å²) in [5.74, 6) is -0.0548. The Labute approximate surface area is 156 Å². The molecule has 0 aliphatic heterocycles. The SMILES string of the molecule is Cc1ccc2nc(NC(=O)[C@@H](Cc3ccccc3)n3cccc3)sc2c1. The van der Waals surface area contributed by atoms with Gasteiger partial charge in [0.2, 0.25) is 5.91 Å². The molecule has 0 saturated carbocycles. The van der Waals surface area contributed by atoms with Gasteiger partial charge in [0.15, 0.2) is 5.13 Å². The highest BCUT2D eigenvalue weighted by Crippen LogP contribution is 2.27. The van der Waals surface area contributed by atoms with Gasteiger partial charge in [-0.05, 0) is 42.3 Å². The Hall–Kier alpha value is -2.92. The first-order valence-corrected chi connectivity index (χ1v) is 9.35. The van der Waals surface area contributed by atoms with Crippen molar-refractivity contribution in [2.45, 2.75) is 19.4 Å². The van der Waals surface area contributed by atoms with Gasteiger partial charge >= 0.3 is 0 Å². The fourth-order valence-electron chi connectivity index (χ4n) is 3.00. The first-order valence-electron chi connectivity index (χ1n) is 8.53. The molecule has 4 rings (SSSR count). The summed E-state index contributed by atoms with van der Waals surface area (Å²) in [5, 5.41) is 3.65. The topological polar surface area (TPSA) is 46.9 Å². The average molecular weight is 361 g/mol. The number of thiazole rings is 1. The number of benzene rings is 2. The third-order valence-corrected chi connectivity index (χ3v) is 5.27. The molecule has 4 nitrogen and oxygen atoms in total. The van der Waals surface area contributed by atoms with E-state index in [9.17, 15) is 4.79 Å². The number of carbonyl (C=O) groups excluding carboxylic acids is 1. The molecule has 0 saturated heterocycles. The maximum absolute atomic E-state index is 13.0. The number of aryl methyl sites for hydroxylation is 1. The Morgan fingerprint density at radius 2 is 1.88 bits per heavy atom. The van der Waals surface area contributed by atoms with E-state index in [-0.39, 0.29) is 11.9 Å². The molecule has 0 radical (unpaired) electrons. The Kier molecular flexibility index (Phi) is 4.54. The quantitative estimate of drug-likeness (QED) is 0.553. The summed E-state index contributed by atoms with van der Waals surface area (Å²) in [4.78, 5) is 17.5. The third-order valence-electron chi connectivity index (χ3n) is 4.34. The minimum atomic E-state index is -0.318. The van der Waals surface area contributed by atoms with Crippen LogP contribution in [0, 0.1) is 6.92 Å². The molecule has 2 aromatic carbocycles. The van der Waals surface area contributed by atoms with Gasteiger partial charge in [-0.2, -0.15) is 0 Å². The van der Waals surface area contributed by atoms with Gasteiger partial charge in [-0.25, -0.2) is 4.98 Å². The molecule has 4 aromatic rings. The molecule has 0 unspecified atom stereocenters. The van der Waals surface area contributed by atoms with Crippen molar-refractivity contribution in [1.82, 2.24) is 9.55 Å². The number of aromatic nitrogens is 2. The van der Waals surface area contributed by atoms with Gasteiger partial charge in [0, 0.05) is 18.8 Å². The molecule has 5 heteroatoms. The summed E-state index contributed by atoms with van der Waals surface area (Å²) < 4.78 is 3.03. The summed E-state index contributed by atoms with van der Waals surface area (Å²) in [5.41, 5.74) is 3.23. The number of amides is 1. The maximum Gasteiger partial charge on any atom is 0.249 e. The Morgan fingerprint density at radius 3 is 2.65 bits per heavy atom. The number of anilines is 1. The molecule has 0 aliphatic carbocycles. The molecule has 0 aliphatic rings. The largest absolute Gasteiger partial charge is 0.342 e. The standard InChI is InChI=1S/C21H19N3OS/c1-15-9-10-17-19(13-15)26-21(22-17)23-20(25)18(24-11-5-6-12-24)14-16-7-3-2-4-8-16/h2-13,18H,14H2,1H3,(H,22,23,25)/t18-/m1/s1. The van der Waals surface area contributed by atoms with E-state index in [1.54, 1.807) is 0 Å². The van der Waals surface area contributed by atoms with Crippen LogP contribution in [-0.2, 0) is 11.2 Å². The predicted octanol–water partition coefficient (Wildman–Crippen LogP) is 4.83. The van der Waals surface area contributed by atoms with E-state index < -0.39 is 0 Å². The van der Waals surface area contributed by atoms with Gasteiger partial charge < -0.3 is 9.88 Å². The van der Waals surface area contributed by atoms with Crippen molar-refractivity contribution in [3.63, 3.8) is 0 Å². The average Bonchev–Trinajstić information content (AvgIpc) is 3.29. The van der Waals surface area contributed by atoms with E-state index in [0.29, 0.717) is 11.6 Å². The number of nitrogens with one attached hydrogen (secondary N) is 1. The van der Waals surface area contributed by atoms with Gasteiger partial charge in [0.1, 0.15) is 6.04 Å². The minimum Gasteiger partial charge on any atom is -0.342 e. The predicted molar refractivity (Wildman–Crippen MR) is 107 cm³/mol. The Morgan fingerprint density at radius 1 is 1.12 bits per heavy atom. The van der Waals surface area contributed by atoms with Crippen molar-refractivity contribution in [3.8, 4) is 0 Å². The summed E-state index contributed by atoms with van der Waals surface area (Å²) >= 11 is 1.51. The van der Waals surface area contributed by atoms with Gasteiger partial charge in [-0.1, -0.05) is 47.7 Å². The summed E-state index contributed by atoms with van der Waals surface area (Å²) in [6.45, 7) is 2.05. The summed E-state index contributed by atoms with van der Waals surface area (Å²) in [7, 11) is 0. The second-order valence-corrected chi connectivity index (χ2v) is 7.35. The molecule has 0 bridgehead atoms. The maximum atomic E-state index is 13.0. The fraction of sp³-hybridized carbons (Fsp3) is 0.143.